The van der Waals surface area contributed by atoms with Gasteiger partial charge in [0.15, 0.2) is 0 Å². The average molecular weight is 822 g/mol. The molecule has 7 unspecified atom stereocenters. The summed E-state index contributed by atoms with van der Waals surface area (Å²) < 4.78 is 15.6. The van der Waals surface area contributed by atoms with Crippen LogP contribution in [0.4, 0.5) is 4.39 Å². The Morgan fingerprint density at radius 3 is 2.10 bits per heavy atom. The SMILES string of the molecule is C=C(O)CC(C)(C)C(=O)O.C=C/C=C(\C)F.[B]=C1CC2(c3cc(=O)n(Cc4ccccc4)n3C)CC[C@]3(C)C(CCC4C5(C)CCC(CC)C5(C)CCC43C)C2=C1C(C)C. The summed E-state index contributed by atoms with van der Waals surface area (Å²) in [7, 11) is 9.23. The molecular formula is C52H75BFN2O4. The number of halogens is 1. The number of fused-ring (bicyclic) bond motifs is 7. The molecule has 60 heavy (non-hydrogen) atoms. The van der Waals surface area contributed by atoms with E-state index in [0.29, 0.717) is 34.6 Å². The molecule has 0 amide bonds. The van der Waals surface area contributed by atoms with Gasteiger partial charge >= 0.3 is 274 Å². The Hall–Kier alpha value is -3.68. The van der Waals surface area contributed by atoms with Gasteiger partial charge in [-0.15, -0.1) is 0 Å². The standard InChI is InChI=1S/C40H56BN2O.C7H12O3.C5H7F/c1-9-28-17-18-38(6)31-16-15-29-35-34(26(2)3)30(41)24-40(35,22-21-37(29,5)39(31,7)20-19-36(28,38)4)32-23-33(44)43(42(32)8)25-27-13-11-10-12-14-27;1-5(8)4-7(2,3)6(9)10;1-3-4-5(2)6/h10-14,23,26,28-29,31H,9,15-22,24-25H2,1-8H3;8H,1,4H2,2-3H3,(H,9,10);3-4H,1H2,2H3/b;;5-4+/t28?,29?,31?,36?,37-,38?,39?,40?;;/m1../s1. The molecule has 1 aromatic heterocycles. The number of aliphatic hydroxyl groups is 1. The molecule has 5 aliphatic carbocycles. The van der Waals surface area contributed by atoms with Crippen molar-refractivity contribution >= 4 is 18.9 Å². The van der Waals surface area contributed by atoms with E-state index in [4.69, 9.17) is 17.7 Å². The Balaban J connectivity index is 0.000000362. The topological polar surface area (TPSA) is 84.5 Å². The molecule has 7 rings (SSSR count). The van der Waals surface area contributed by atoms with Crippen LogP contribution in [0.2, 0.25) is 0 Å². The van der Waals surface area contributed by atoms with Crippen LogP contribution in [0.15, 0.2) is 89.2 Å². The molecule has 8 heteroatoms. The minimum atomic E-state index is -0.928. The minimum absolute atomic E-state index is 0.0904. The number of carboxylic acid groups (broad SMARTS) is 1. The van der Waals surface area contributed by atoms with Crippen LogP contribution >= 0.6 is 0 Å². The molecule has 4 saturated carbocycles. The third kappa shape index (κ3) is 7.84. The molecule has 1 heterocycles. The number of hydrogen-bond donors (Lipinski definition) is 2. The van der Waals surface area contributed by atoms with Crippen LogP contribution in [0.25, 0.3) is 0 Å². The maximum atomic E-state index is 13.7. The van der Waals surface area contributed by atoms with Crippen molar-refractivity contribution in [3.05, 3.63) is 106 Å². The van der Waals surface area contributed by atoms with Gasteiger partial charge in [-0.2, -0.15) is 0 Å². The number of aliphatic carboxylic acids is 1. The number of hydrogen-bond acceptors (Lipinski definition) is 3. The van der Waals surface area contributed by atoms with E-state index >= 15 is 0 Å². The van der Waals surface area contributed by atoms with Crippen LogP contribution in [0.1, 0.15) is 151 Å². The van der Waals surface area contributed by atoms with Gasteiger partial charge in [0.2, 0.25) is 0 Å². The Labute approximate surface area is 362 Å². The van der Waals surface area contributed by atoms with E-state index in [0.717, 1.165) is 35.7 Å². The molecule has 0 bridgehead atoms. The number of aromatic nitrogens is 2. The molecule has 0 spiro atoms. The van der Waals surface area contributed by atoms with Crippen LogP contribution in [0.3, 0.4) is 0 Å². The maximum absolute atomic E-state index is 13.7. The number of carbonyl (C=O) groups is 1. The van der Waals surface area contributed by atoms with Crippen molar-refractivity contribution in [2.75, 3.05) is 0 Å². The van der Waals surface area contributed by atoms with Gasteiger partial charge < -0.3 is 10.2 Å². The van der Waals surface area contributed by atoms with Crippen LogP contribution in [0.5, 0.6) is 0 Å². The number of carboxylic acids is 1. The summed E-state index contributed by atoms with van der Waals surface area (Å²) >= 11 is 0. The molecule has 6 nitrogen and oxygen atoms in total. The Morgan fingerprint density at radius 2 is 1.58 bits per heavy atom. The zero-order chi connectivity index (χ0) is 44.8. The normalized spacial score (nSPS) is 33.4. The van der Waals surface area contributed by atoms with Crippen LogP contribution < -0.4 is 5.56 Å². The first kappa shape index (κ1) is 47.4. The van der Waals surface area contributed by atoms with Crippen LogP contribution in [0, 0.1) is 50.7 Å². The van der Waals surface area contributed by atoms with Crippen molar-refractivity contribution in [3.63, 3.8) is 0 Å². The fourth-order valence-corrected chi connectivity index (χ4v) is 13.9. The number of rotatable bonds is 9. The van der Waals surface area contributed by atoms with E-state index < -0.39 is 11.4 Å². The van der Waals surface area contributed by atoms with Crippen LogP contribution in [-0.4, -0.2) is 38.5 Å². The summed E-state index contributed by atoms with van der Waals surface area (Å²) in [5.41, 5.74) is 6.96. The molecular weight excluding hydrogens is 746 g/mol. The van der Waals surface area contributed by atoms with Crippen molar-refractivity contribution in [1.82, 2.24) is 9.36 Å². The number of aliphatic hydroxyl groups excluding tert-OH is 1. The zero-order valence-electron chi connectivity index (χ0n) is 38.9. The third-order valence-corrected chi connectivity index (χ3v) is 17.3. The number of allylic oxidation sites excluding steroid dienone is 6. The molecule has 2 aromatic rings. The fraction of sp³-hybridized carbons (Fsp3) is 0.635. The van der Waals surface area contributed by atoms with E-state index in [1.54, 1.807) is 5.57 Å². The van der Waals surface area contributed by atoms with E-state index in [-0.39, 0.29) is 34.4 Å². The molecule has 1 aromatic carbocycles. The van der Waals surface area contributed by atoms with Crippen molar-refractivity contribution in [2.24, 2.45) is 57.8 Å². The zero-order valence-corrected chi connectivity index (χ0v) is 38.9. The Bertz CT molecular complexity index is 2090. The van der Waals surface area contributed by atoms with E-state index in [1.807, 2.05) is 16.8 Å². The van der Waals surface area contributed by atoms with Gasteiger partial charge in [0.05, 0.1) is 17.0 Å². The molecule has 4 fully saturated rings. The second-order valence-electron chi connectivity index (χ2n) is 21.1. The predicted molar refractivity (Wildman–Crippen MR) is 247 cm³/mol. The monoisotopic (exact) mass is 822 g/mol. The quantitative estimate of drug-likeness (QED) is 0.150. The second kappa shape index (κ2) is 17.2. The molecule has 8 atom stereocenters. The molecule has 1 radical (unpaired) electrons. The Morgan fingerprint density at radius 1 is 0.983 bits per heavy atom. The first-order chi connectivity index (χ1) is 27.9. The van der Waals surface area contributed by atoms with Gasteiger partial charge in [-0.05, 0) is 26.8 Å². The summed E-state index contributed by atoms with van der Waals surface area (Å²) in [4.78, 5) is 24.1. The summed E-state index contributed by atoms with van der Waals surface area (Å²) in [6.45, 7) is 29.5. The van der Waals surface area contributed by atoms with Crippen molar-refractivity contribution in [1.29, 1.82) is 0 Å². The number of benzene rings is 1. The van der Waals surface area contributed by atoms with Crippen molar-refractivity contribution in [2.45, 2.75) is 152 Å². The summed E-state index contributed by atoms with van der Waals surface area (Å²) in [5.74, 6) is 1.33. The molecule has 0 aliphatic heterocycles. The van der Waals surface area contributed by atoms with E-state index in [2.05, 4.69) is 97.6 Å². The predicted octanol–water partition coefficient (Wildman–Crippen LogP) is 12.2. The summed E-state index contributed by atoms with van der Waals surface area (Å²) in [6, 6.07) is 12.4. The van der Waals surface area contributed by atoms with Gasteiger partial charge in [-0.1, -0.05) is 19.2 Å². The van der Waals surface area contributed by atoms with Gasteiger partial charge in [-0.3, -0.25) is 4.79 Å². The second-order valence-corrected chi connectivity index (χ2v) is 21.1. The van der Waals surface area contributed by atoms with Gasteiger partial charge in [-0.25, -0.2) is 4.39 Å². The summed E-state index contributed by atoms with van der Waals surface area (Å²) in [5, 5.41) is 17.2. The first-order valence-corrected chi connectivity index (χ1v) is 22.6. The molecule has 0 saturated heterocycles. The van der Waals surface area contributed by atoms with Gasteiger partial charge in [0.25, 0.3) is 0 Å². The van der Waals surface area contributed by atoms with E-state index in [1.165, 1.54) is 95.6 Å². The fourth-order valence-electron chi connectivity index (χ4n) is 13.9. The van der Waals surface area contributed by atoms with E-state index in [9.17, 15) is 14.0 Å². The van der Waals surface area contributed by atoms with Gasteiger partial charge in [0, 0.05) is 6.42 Å². The average Bonchev–Trinajstić information content (AvgIpc) is 3.73. The van der Waals surface area contributed by atoms with Crippen LogP contribution in [-0.2, 0) is 23.8 Å². The Kier molecular flexibility index (Phi) is 13.6. The molecule has 327 valence electrons. The summed E-state index contributed by atoms with van der Waals surface area (Å²) in [6.07, 6.45) is 15.5. The van der Waals surface area contributed by atoms with Crippen molar-refractivity contribution in [3.8, 4) is 0 Å². The first-order valence-electron chi connectivity index (χ1n) is 22.6. The molecule has 5 aliphatic rings. The van der Waals surface area contributed by atoms with Crippen molar-refractivity contribution < 1.29 is 19.4 Å². The number of nitrogens with zero attached hydrogens (tertiary/aromatic N) is 2. The van der Waals surface area contributed by atoms with Gasteiger partial charge in [0.1, 0.15) is 0 Å². The molecule has 2 N–H and O–H groups in total. The third-order valence-electron chi connectivity index (χ3n) is 17.3.